The molecule has 154 valence electrons. The van der Waals surface area contributed by atoms with Gasteiger partial charge in [0.1, 0.15) is 18.4 Å². The van der Waals surface area contributed by atoms with Gasteiger partial charge in [-0.25, -0.2) is 4.98 Å². The predicted molar refractivity (Wildman–Crippen MR) is 119 cm³/mol. The number of nitrogens with zero attached hydrogens (tertiary/aromatic N) is 4. The highest BCUT2D eigenvalue weighted by Gasteiger charge is 2.19. The van der Waals surface area contributed by atoms with Crippen molar-refractivity contribution in [2.45, 2.75) is 6.54 Å². The third-order valence-corrected chi connectivity index (χ3v) is 5.55. The number of aromatic nitrogens is 3. The maximum atomic E-state index is 12.8. The van der Waals surface area contributed by atoms with Gasteiger partial charge in [0.25, 0.3) is 0 Å². The van der Waals surface area contributed by atoms with Crippen molar-refractivity contribution in [1.82, 2.24) is 19.4 Å². The van der Waals surface area contributed by atoms with Crippen LogP contribution in [0.15, 0.2) is 54.7 Å². The molecule has 2 aromatic carbocycles. The number of H-pyrrole nitrogens is 1. The van der Waals surface area contributed by atoms with Gasteiger partial charge in [-0.2, -0.15) is 5.26 Å². The Hall–Kier alpha value is -3.89. The average molecular weight is 411 g/mol. The first-order valence-corrected chi connectivity index (χ1v) is 10.2. The lowest BCUT2D eigenvalue weighted by Crippen LogP contribution is -2.42. The number of aromatic amines is 1. The number of hydrogen-bond acceptors (Lipinski definition) is 4. The number of hydrogen-bond donors (Lipinski definition) is 1. The van der Waals surface area contributed by atoms with Crippen LogP contribution in [0.25, 0.3) is 33.6 Å². The summed E-state index contributed by atoms with van der Waals surface area (Å²) in [5, 5.41) is 10.8. The highest BCUT2D eigenvalue weighted by molar-refractivity contribution is 5.98. The van der Waals surface area contributed by atoms with Crippen LogP contribution >= 0.6 is 0 Å². The fourth-order valence-electron chi connectivity index (χ4n) is 3.97. The number of amides is 1. The Balaban J connectivity index is 1.52. The zero-order valence-corrected chi connectivity index (χ0v) is 16.9. The smallest absolute Gasteiger partial charge is 0.242 e. The minimum absolute atomic E-state index is 0.0670. The number of benzene rings is 2. The SMILES string of the molecule is N#CC(=Cc1cn(CC(=O)N2CCOCC2)c2ccccc12)c1nc2ccccc2[nH]1. The fraction of sp³-hybridized carbons (Fsp3) is 0.208. The molecule has 1 aliphatic rings. The molecule has 1 N–H and O–H groups in total. The molecule has 0 aliphatic carbocycles. The van der Waals surface area contributed by atoms with Crippen LogP contribution in [-0.4, -0.2) is 51.6 Å². The van der Waals surface area contributed by atoms with Crippen LogP contribution in [-0.2, 0) is 16.1 Å². The van der Waals surface area contributed by atoms with Crippen LogP contribution in [0.1, 0.15) is 11.4 Å². The van der Waals surface area contributed by atoms with Gasteiger partial charge in [0.15, 0.2) is 0 Å². The molecule has 7 heteroatoms. The topological polar surface area (TPSA) is 86.9 Å². The van der Waals surface area contributed by atoms with Gasteiger partial charge in [-0.15, -0.1) is 0 Å². The van der Waals surface area contributed by atoms with Crippen molar-refractivity contribution in [1.29, 1.82) is 5.26 Å². The van der Waals surface area contributed by atoms with E-state index in [1.165, 1.54) is 0 Å². The van der Waals surface area contributed by atoms with Gasteiger partial charge in [0, 0.05) is 35.8 Å². The Kier molecular flexibility index (Phi) is 4.98. The molecule has 0 bridgehead atoms. The second-order valence-electron chi connectivity index (χ2n) is 7.50. The van der Waals surface area contributed by atoms with E-state index in [1.807, 2.05) is 70.3 Å². The maximum Gasteiger partial charge on any atom is 0.242 e. The lowest BCUT2D eigenvalue weighted by Gasteiger charge is -2.27. The maximum absolute atomic E-state index is 12.8. The van der Waals surface area contributed by atoms with Crippen LogP contribution in [0.2, 0.25) is 0 Å². The first-order valence-electron chi connectivity index (χ1n) is 10.2. The summed E-state index contributed by atoms with van der Waals surface area (Å²) < 4.78 is 7.30. The number of imidazole rings is 1. The van der Waals surface area contributed by atoms with Crippen molar-refractivity contribution in [3.8, 4) is 6.07 Å². The highest BCUT2D eigenvalue weighted by atomic mass is 16.5. The standard InChI is InChI=1S/C24H21N5O2/c25-14-17(24-26-20-6-2-3-7-21(20)27-24)13-18-15-29(22-8-4-1-5-19(18)22)16-23(30)28-9-11-31-12-10-28/h1-8,13,15H,9-12,16H2,(H,26,27). The zero-order valence-electron chi connectivity index (χ0n) is 16.9. The van der Waals surface area contributed by atoms with Crippen LogP contribution in [0.5, 0.6) is 0 Å². The minimum Gasteiger partial charge on any atom is -0.378 e. The molecule has 0 unspecified atom stereocenters. The van der Waals surface area contributed by atoms with Crippen molar-refractivity contribution in [2.75, 3.05) is 26.3 Å². The number of para-hydroxylation sites is 3. The molecule has 5 rings (SSSR count). The molecule has 1 amide bonds. The molecule has 2 aromatic heterocycles. The molecule has 31 heavy (non-hydrogen) atoms. The van der Waals surface area contributed by atoms with Crippen LogP contribution in [0.4, 0.5) is 0 Å². The number of nitrogens with one attached hydrogen (secondary N) is 1. The summed E-state index contributed by atoms with van der Waals surface area (Å²) in [6.07, 6.45) is 3.76. The lowest BCUT2D eigenvalue weighted by atomic mass is 10.1. The van der Waals surface area contributed by atoms with Gasteiger partial charge in [0.2, 0.25) is 5.91 Å². The molecule has 1 aliphatic heterocycles. The van der Waals surface area contributed by atoms with Crippen molar-refractivity contribution < 1.29 is 9.53 Å². The van der Waals surface area contributed by atoms with Crippen LogP contribution in [0.3, 0.4) is 0 Å². The van der Waals surface area contributed by atoms with E-state index >= 15 is 0 Å². The van der Waals surface area contributed by atoms with Gasteiger partial charge >= 0.3 is 0 Å². The third kappa shape index (κ3) is 3.69. The Labute approximate surface area is 179 Å². The molecule has 1 saturated heterocycles. The van der Waals surface area contributed by atoms with E-state index < -0.39 is 0 Å². The largest absolute Gasteiger partial charge is 0.378 e. The number of morpholine rings is 1. The van der Waals surface area contributed by atoms with E-state index in [4.69, 9.17) is 4.74 Å². The molecule has 0 radical (unpaired) electrons. The van der Waals surface area contributed by atoms with Gasteiger partial charge in [0.05, 0.1) is 29.8 Å². The molecular formula is C24H21N5O2. The molecule has 0 atom stereocenters. The second-order valence-corrected chi connectivity index (χ2v) is 7.50. The quantitative estimate of drug-likeness (QED) is 0.521. The fourth-order valence-corrected chi connectivity index (χ4v) is 3.97. The van der Waals surface area contributed by atoms with Gasteiger partial charge in [-0.3, -0.25) is 4.79 Å². The highest BCUT2D eigenvalue weighted by Crippen LogP contribution is 2.26. The van der Waals surface area contributed by atoms with Crippen molar-refractivity contribution >= 4 is 39.5 Å². The number of nitriles is 1. The second kappa shape index (κ2) is 8.09. The first-order chi connectivity index (χ1) is 15.2. The zero-order chi connectivity index (χ0) is 21.2. The lowest BCUT2D eigenvalue weighted by molar-refractivity contribution is -0.135. The molecule has 0 spiro atoms. The molecule has 7 nitrogen and oxygen atoms in total. The molecular weight excluding hydrogens is 390 g/mol. The number of ether oxygens (including phenoxy) is 1. The summed E-state index contributed by atoms with van der Waals surface area (Å²) in [5.41, 5.74) is 3.98. The van der Waals surface area contributed by atoms with E-state index in [9.17, 15) is 10.1 Å². The normalized spacial score (nSPS) is 14.8. The summed E-state index contributed by atoms with van der Waals surface area (Å²) >= 11 is 0. The average Bonchev–Trinajstić information content (AvgIpc) is 3.40. The molecule has 4 aromatic rings. The summed E-state index contributed by atoms with van der Waals surface area (Å²) in [6, 6.07) is 17.9. The van der Waals surface area contributed by atoms with E-state index in [0.717, 1.165) is 27.5 Å². The Morgan fingerprint density at radius 3 is 2.74 bits per heavy atom. The van der Waals surface area contributed by atoms with E-state index in [-0.39, 0.29) is 12.5 Å². The predicted octanol–water partition coefficient (Wildman–Crippen LogP) is 3.44. The minimum atomic E-state index is 0.0670. The van der Waals surface area contributed by atoms with Crippen LogP contribution in [0, 0.1) is 11.3 Å². The van der Waals surface area contributed by atoms with Gasteiger partial charge in [-0.1, -0.05) is 30.3 Å². The monoisotopic (exact) mass is 411 g/mol. The summed E-state index contributed by atoms with van der Waals surface area (Å²) in [6.45, 7) is 2.65. The Morgan fingerprint density at radius 1 is 1.16 bits per heavy atom. The molecule has 1 fully saturated rings. The first kappa shape index (κ1) is 19.1. The van der Waals surface area contributed by atoms with Crippen molar-refractivity contribution in [3.05, 3.63) is 66.1 Å². The molecule has 3 heterocycles. The van der Waals surface area contributed by atoms with Crippen LogP contribution < -0.4 is 0 Å². The number of fused-ring (bicyclic) bond motifs is 2. The van der Waals surface area contributed by atoms with E-state index in [0.29, 0.717) is 37.7 Å². The number of carbonyl (C=O) groups excluding carboxylic acids is 1. The third-order valence-electron chi connectivity index (χ3n) is 5.55. The van der Waals surface area contributed by atoms with Gasteiger partial charge in [-0.05, 0) is 24.3 Å². The Morgan fingerprint density at radius 2 is 1.94 bits per heavy atom. The summed E-state index contributed by atoms with van der Waals surface area (Å²) in [5.74, 6) is 0.599. The number of rotatable bonds is 4. The Bertz CT molecular complexity index is 1300. The number of carbonyl (C=O) groups is 1. The van der Waals surface area contributed by atoms with Crippen molar-refractivity contribution in [2.24, 2.45) is 0 Å². The van der Waals surface area contributed by atoms with Crippen molar-refractivity contribution in [3.63, 3.8) is 0 Å². The molecule has 0 saturated carbocycles. The van der Waals surface area contributed by atoms with E-state index in [2.05, 4.69) is 16.0 Å². The summed E-state index contributed by atoms with van der Waals surface area (Å²) in [7, 11) is 0. The summed E-state index contributed by atoms with van der Waals surface area (Å²) in [4.78, 5) is 22.4. The van der Waals surface area contributed by atoms with E-state index in [1.54, 1.807) is 0 Å². The number of allylic oxidation sites excluding steroid dienone is 1. The van der Waals surface area contributed by atoms with Gasteiger partial charge < -0.3 is 19.2 Å².